The van der Waals surface area contributed by atoms with Crippen molar-refractivity contribution in [2.45, 2.75) is 59.2 Å². The molecule has 0 spiro atoms. The molecule has 3 atom stereocenters. The fourth-order valence-corrected chi connectivity index (χ4v) is 3.12. The molecule has 1 N–H and O–H groups in total. The molecule has 2 nitrogen and oxygen atoms in total. The van der Waals surface area contributed by atoms with Gasteiger partial charge in [0, 0.05) is 24.1 Å². The van der Waals surface area contributed by atoms with Crippen molar-refractivity contribution < 1.29 is 4.74 Å². The van der Waals surface area contributed by atoms with E-state index in [0.29, 0.717) is 18.2 Å². The van der Waals surface area contributed by atoms with Gasteiger partial charge in [-0.25, -0.2) is 0 Å². The summed E-state index contributed by atoms with van der Waals surface area (Å²) in [4.78, 5) is 0. The van der Waals surface area contributed by atoms with E-state index < -0.39 is 0 Å². The number of ether oxygens (including phenoxy) is 1. The van der Waals surface area contributed by atoms with Crippen LogP contribution in [0.3, 0.4) is 0 Å². The molecule has 1 saturated carbocycles. The maximum Gasteiger partial charge on any atom is 0.0655 e. The number of aryl methyl sites for hydroxylation is 1. The maximum atomic E-state index is 5.79. The Labute approximate surface area is 117 Å². The smallest absolute Gasteiger partial charge is 0.0655 e. The third-order valence-electron chi connectivity index (χ3n) is 4.65. The largest absolute Gasteiger partial charge is 0.378 e. The van der Waals surface area contributed by atoms with E-state index in [1.165, 1.54) is 11.1 Å². The molecule has 1 aliphatic rings. The highest BCUT2D eigenvalue weighted by Gasteiger charge is 2.49. The monoisotopic (exact) mass is 261 g/mol. The number of hydrogen-bond donors (Lipinski definition) is 1. The fourth-order valence-electron chi connectivity index (χ4n) is 3.12. The van der Waals surface area contributed by atoms with Crippen molar-refractivity contribution in [2.75, 3.05) is 6.61 Å². The molecule has 0 radical (unpaired) electrons. The van der Waals surface area contributed by atoms with Gasteiger partial charge in [0.05, 0.1) is 6.10 Å². The van der Waals surface area contributed by atoms with Crippen molar-refractivity contribution in [3.63, 3.8) is 0 Å². The number of benzene rings is 1. The lowest BCUT2D eigenvalue weighted by Gasteiger charge is -2.52. The first kappa shape index (κ1) is 14.5. The lowest BCUT2D eigenvalue weighted by atomic mass is 9.64. The first-order chi connectivity index (χ1) is 8.96. The summed E-state index contributed by atoms with van der Waals surface area (Å²) in [5, 5.41) is 3.77. The van der Waals surface area contributed by atoms with Gasteiger partial charge >= 0.3 is 0 Å². The predicted octanol–water partition coefficient (Wildman–Crippen LogP) is 3.85. The van der Waals surface area contributed by atoms with E-state index in [1.807, 2.05) is 0 Å². The quantitative estimate of drug-likeness (QED) is 0.869. The second-order valence-corrected chi connectivity index (χ2v) is 6.30. The van der Waals surface area contributed by atoms with E-state index in [2.05, 4.69) is 64.2 Å². The Morgan fingerprint density at radius 3 is 2.63 bits per heavy atom. The van der Waals surface area contributed by atoms with Gasteiger partial charge in [0.2, 0.25) is 0 Å². The molecule has 2 rings (SSSR count). The molecule has 1 fully saturated rings. The Hall–Kier alpha value is -0.860. The summed E-state index contributed by atoms with van der Waals surface area (Å²) < 4.78 is 5.79. The van der Waals surface area contributed by atoms with Gasteiger partial charge in [-0.05, 0) is 38.3 Å². The van der Waals surface area contributed by atoms with Crippen LogP contribution in [0.1, 0.15) is 51.3 Å². The van der Waals surface area contributed by atoms with E-state index in [4.69, 9.17) is 4.74 Å². The van der Waals surface area contributed by atoms with Gasteiger partial charge in [-0.2, -0.15) is 0 Å². The van der Waals surface area contributed by atoms with Crippen molar-refractivity contribution in [1.29, 1.82) is 0 Å². The fraction of sp³-hybridized carbons (Fsp3) is 0.647. The molecule has 1 aromatic rings. The van der Waals surface area contributed by atoms with Crippen molar-refractivity contribution in [3.8, 4) is 0 Å². The molecule has 1 aromatic carbocycles. The van der Waals surface area contributed by atoms with E-state index >= 15 is 0 Å². The van der Waals surface area contributed by atoms with Gasteiger partial charge in [-0.1, -0.05) is 38.1 Å². The second-order valence-electron chi connectivity index (χ2n) is 6.30. The first-order valence-corrected chi connectivity index (χ1v) is 7.40. The average Bonchev–Trinajstić information content (AvgIpc) is 2.38. The molecule has 0 amide bonds. The summed E-state index contributed by atoms with van der Waals surface area (Å²) in [6, 6.07) is 9.56. The van der Waals surface area contributed by atoms with Crippen molar-refractivity contribution in [1.82, 2.24) is 5.32 Å². The number of nitrogens with one attached hydrogen (secondary N) is 1. The van der Waals surface area contributed by atoms with Crippen LogP contribution in [0.5, 0.6) is 0 Å². The molecule has 0 aromatic heterocycles. The van der Waals surface area contributed by atoms with Crippen LogP contribution in [0, 0.1) is 12.3 Å². The van der Waals surface area contributed by atoms with Gasteiger partial charge in [-0.3, -0.25) is 0 Å². The summed E-state index contributed by atoms with van der Waals surface area (Å²) in [7, 11) is 0. The Balaban J connectivity index is 1.98. The summed E-state index contributed by atoms with van der Waals surface area (Å²) in [5.74, 6) is 0. The van der Waals surface area contributed by atoms with Crippen LogP contribution in [0.25, 0.3) is 0 Å². The topological polar surface area (TPSA) is 21.3 Å². The van der Waals surface area contributed by atoms with E-state index in [9.17, 15) is 0 Å². The van der Waals surface area contributed by atoms with Crippen LogP contribution in [-0.2, 0) is 4.74 Å². The van der Waals surface area contributed by atoms with Crippen LogP contribution < -0.4 is 5.32 Å². The van der Waals surface area contributed by atoms with Gasteiger partial charge in [-0.15, -0.1) is 0 Å². The minimum Gasteiger partial charge on any atom is -0.378 e. The Morgan fingerprint density at radius 2 is 2.05 bits per heavy atom. The Kier molecular flexibility index (Phi) is 4.32. The van der Waals surface area contributed by atoms with Gasteiger partial charge in [0.25, 0.3) is 0 Å². The number of rotatable bonds is 5. The predicted molar refractivity (Wildman–Crippen MR) is 80.3 cm³/mol. The third-order valence-corrected chi connectivity index (χ3v) is 4.65. The third kappa shape index (κ3) is 2.85. The molecule has 1 aliphatic carbocycles. The summed E-state index contributed by atoms with van der Waals surface area (Å²) >= 11 is 0. The highest BCUT2D eigenvalue weighted by Crippen LogP contribution is 2.43. The van der Waals surface area contributed by atoms with Crippen molar-refractivity contribution >= 4 is 0 Å². The zero-order valence-corrected chi connectivity index (χ0v) is 12.9. The first-order valence-electron chi connectivity index (χ1n) is 7.40. The lowest BCUT2D eigenvalue weighted by molar-refractivity contribution is -0.116. The molecule has 0 heterocycles. The van der Waals surface area contributed by atoms with E-state index in [0.717, 1.165) is 13.0 Å². The highest BCUT2D eigenvalue weighted by atomic mass is 16.5. The van der Waals surface area contributed by atoms with Gasteiger partial charge in [0.1, 0.15) is 0 Å². The molecule has 19 heavy (non-hydrogen) atoms. The molecule has 2 unspecified atom stereocenters. The Morgan fingerprint density at radius 1 is 1.37 bits per heavy atom. The van der Waals surface area contributed by atoms with Crippen LogP contribution in [0.2, 0.25) is 0 Å². The van der Waals surface area contributed by atoms with E-state index in [1.54, 1.807) is 0 Å². The Bertz CT molecular complexity index is 427. The molecule has 0 aliphatic heterocycles. The summed E-state index contributed by atoms with van der Waals surface area (Å²) in [6.45, 7) is 11.9. The van der Waals surface area contributed by atoms with Crippen molar-refractivity contribution in [2.24, 2.45) is 5.41 Å². The zero-order valence-electron chi connectivity index (χ0n) is 12.9. The van der Waals surface area contributed by atoms with Crippen LogP contribution in [0.4, 0.5) is 0 Å². The van der Waals surface area contributed by atoms with Gasteiger partial charge in [0.15, 0.2) is 0 Å². The lowest BCUT2D eigenvalue weighted by Crippen LogP contribution is -2.61. The zero-order chi connectivity index (χ0) is 14.0. The highest BCUT2D eigenvalue weighted by molar-refractivity contribution is 5.28. The summed E-state index contributed by atoms with van der Waals surface area (Å²) in [6.07, 6.45) is 1.52. The molecule has 0 bridgehead atoms. The van der Waals surface area contributed by atoms with Crippen LogP contribution >= 0.6 is 0 Å². The standard InChI is InChI=1S/C17H27NO/c1-6-19-16-11-15(17(16,4)5)18-13(3)14-10-8-7-9-12(14)2/h7-10,13,15-16,18H,6,11H2,1-5H3/t13-,15?,16?/m1/s1. The molecular formula is C17H27NO. The minimum absolute atomic E-state index is 0.229. The van der Waals surface area contributed by atoms with E-state index in [-0.39, 0.29) is 5.41 Å². The SMILES string of the molecule is CCOC1CC(N[C@H](C)c2ccccc2C)C1(C)C. The summed E-state index contributed by atoms with van der Waals surface area (Å²) in [5.41, 5.74) is 2.99. The second kappa shape index (κ2) is 5.64. The number of hydrogen-bond acceptors (Lipinski definition) is 2. The van der Waals surface area contributed by atoms with Crippen LogP contribution in [-0.4, -0.2) is 18.8 Å². The average molecular weight is 261 g/mol. The molecular weight excluding hydrogens is 234 g/mol. The minimum atomic E-state index is 0.229. The molecule has 0 saturated heterocycles. The normalized spacial score (nSPS) is 26.8. The van der Waals surface area contributed by atoms with Gasteiger partial charge < -0.3 is 10.1 Å². The van der Waals surface area contributed by atoms with Crippen molar-refractivity contribution in [3.05, 3.63) is 35.4 Å². The maximum absolute atomic E-state index is 5.79. The van der Waals surface area contributed by atoms with Crippen LogP contribution in [0.15, 0.2) is 24.3 Å². The molecule has 106 valence electrons. The molecule has 2 heteroatoms.